The van der Waals surface area contributed by atoms with Crippen LogP contribution in [0.5, 0.6) is 5.88 Å². The molecule has 2 aromatic rings. The molecule has 0 saturated carbocycles. The lowest BCUT2D eigenvalue weighted by atomic mass is 10.1. The molecule has 10 nitrogen and oxygen atoms in total. The molecule has 3 heterocycles. The Hall–Kier alpha value is -2.01. The van der Waals surface area contributed by atoms with E-state index in [1.807, 2.05) is 0 Å². The van der Waals surface area contributed by atoms with Crippen LogP contribution >= 0.6 is 0 Å². The predicted molar refractivity (Wildman–Crippen MR) is 75.5 cm³/mol. The van der Waals surface area contributed by atoms with Crippen molar-refractivity contribution in [3.8, 4) is 5.88 Å². The van der Waals surface area contributed by atoms with Gasteiger partial charge in [0.25, 0.3) is 0 Å². The summed E-state index contributed by atoms with van der Waals surface area (Å²) in [6, 6.07) is 0. The summed E-state index contributed by atoms with van der Waals surface area (Å²) in [6.07, 6.45) is -2.80. The van der Waals surface area contributed by atoms with Gasteiger partial charge >= 0.3 is 11.6 Å². The second-order valence-corrected chi connectivity index (χ2v) is 5.76. The van der Waals surface area contributed by atoms with E-state index in [2.05, 4.69) is 9.97 Å². The van der Waals surface area contributed by atoms with Crippen molar-refractivity contribution in [2.45, 2.75) is 24.5 Å². The van der Waals surface area contributed by atoms with Crippen LogP contribution in [-0.2, 0) is 11.8 Å². The number of anilines is 1. The lowest BCUT2D eigenvalue weighted by Crippen LogP contribution is -2.46. The monoisotopic (exact) mass is 325 g/mol. The fourth-order valence-corrected chi connectivity index (χ4v) is 2.70. The van der Waals surface area contributed by atoms with Crippen LogP contribution in [0, 0.1) is 0 Å². The van der Waals surface area contributed by atoms with Gasteiger partial charge in [0.1, 0.15) is 18.3 Å². The molecule has 1 fully saturated rings. The summed E-state index contributed by atoms with van der Waals surface area (Å²) < 4.78 is 8.51. The highest BCUT2D eigenvalue weighted by atomic mass is 16.6. The average molecular weight is 325 g/mol. The second-order valence-electron chi connectivity index (χ2n) is 5.76. The summed E-state index contributed by atoms with van der Waals surface area (Å²) >= 11 is 0. The molecule has 3 rings (SSSR count). The third kappa shape index (κ3) is 2.39. The number of nitrogens with zero attached hydrogens (tertiary/aromatic N) is 5. The van der Waals surface area contributed by atoms with Crippen LogP contribution in [0.2, 0.25) is 0 Å². The summed E-state index contributed by atoms with van der Waals surface area (Å²) in [4.78, 5) is 9.82. The Morgan fingerprint density at radius 3 is 2.61 bits per heavy atom. The molecule has 10 heteroatoms. The Morgan fingerprint density at radius 1 is 1.35 bits per heavy atom. The van der Waals surface area contributed by atoms with Crippen LogP contribution in [-0.4, -0.2) is 68.9 Å². The Kier molecular flexibility index (Phi) is 3.84. The normalized spacial score (nSPS) is 27.7. The molecule has 4 atom stereocenters. The number of aliphatic hydroxyl groups excluding tert-OH is 3. The molecule has 23 heavy (non-hydrogen) atoms. The lowest BCUT2D eigenvalue weighted by Gasteiger charge is -2.13. The molecule has 0 amide bonds. The van der Waals surface area contributed by atoms with E-state index in [9.17, 15) is 20.4 Å². The van der Waals surface area contributed by atoms with E-state index in [0.29, 0.717) is 0 Å². The van der Waals surface area contributed by atoms with E-state index in [0.717, 1.165) is 0 Å². The molecular weight excluding hydrogens is 306 g/mol. The number of hydrogen-bond donors (Lipinski definition) is 3. The first-order valence-electron chi connectivity index (χ1n) is 7.10. The van der Waals surface area contributed by atoms with Crippen molar-refractivity contribution in [3.63, 3.8) is 0 Å². The standard InChI is InChI=1S/C13H19N5O5/c1-16(2)13-14-10-7(11(22)15-13)17(3)5-18(10)12-9(21)8(20)6(4-19)23-12/h5-6,8-9,12,19-21H,4H2,1-3H3/t6-,8+,9?,12-/m1/s1. The van der Waals surface area contributed by atoms with Crippen molar-refractivity contribution < 1.29 is 29.7 Å². The highest BCUT2D eigenvalue weighted by molar-refractivity contribution is 5.74. The molecule has 1 saturated heterocycles. The van der Waals surface area contributed by atoms with Gasteiger partial charge < -0.3 is 30.1 Å². The first-order chi connectivity index (χ1) is 10.8. The van der Waals surface area contributed by atoms with Crippen LogP contribution in [0.4, 0.5) is 5.95 Å². The fourth-order valence-electron chi connectivity index (χ4n) is 2.70. The summed E-state index contributed by atoms with van der Waals surface area (Å²) in [5.74, 6) is -0.221. The van der Waals surface area contributed by atoms with Crippen LogP contribution in [0.15, 0.2) is 6.33 Å². The molecule has 126 valence electrons. The maximum Gasteiger partial charge on any atom is 0.309 e. The summed E-state index contributed by atoms with van der Waals surface area (Å²) in [7, 11) is 5.07. The molecule has 1 aliphatic heterocycles. The van der Waals surface area contributed by atoms with Gasteiger partial charge in [-0.05, 0) is 0 Å². The van der Waals surface area contributed by atoms with Gasteiger partial charge in [-0.15, -0.1) is 0 Å². The first-order valence-corrected chi connectivity index (χ1v) is 7.10. The van der Waals surface area contributed by atoms with Gasteiger partial charge in [-0.2, -0.15) is 0 Å². The number of ether oxygens (including phenoxy) is 1. The maximum atomic E-state index is 12.2. The molecule has 3 N–H and O–H groups in total. The Bertz CT molecular complexity index is 733. The van der Waals surface area contributed by atoms with Gasteiger partial charge in [-0.25, -0.2) is 9.55 Å². The average Bonchev–Trinajstić information content (AvgIpc) is 2.98. The Labute approximate surface area is 131 Å². The van der Waals surface area contributed by atoms with E-state index >= 15 is 0 Å². The van der Waals surface area contributed by atoms with Crippen molar-refractivity contribution in [3.05, 3.63) is 6.33 Å². The van der Waals surface area contributed by atoms with Gasteiger partial charge in [0.2, 0.25) is 6.23 Å². The predicted octanol–water partition coefficient (Wildman–Crippen LogP) is -2.99. The minimum Gasteiger partial charge on any atom is -0.856 e. The van der Waals surface area contributed by atoms with Gasteiger partial charge in [-0.3, -0.25) is 4.57 Å². The van der Waals surface area contributed by atoms with Crippen molar-refractivity contribution in [1.82, 2.24) is 14.5 Å². The van der Waals surface area contributed by atoms with E-state index in [4.69, 9.17) is 4.74 Å². The summed E-state index contributed by atoms with van der Waals surface area (Å²) in [6.45, 7) is -0.426. The largest absolute Gasteiger partial charge is 0.856 e. The minimum atomic E-state index is -1.25. The van der Waals surface area contributed by atoms with Crippen molar-refractivity contribution >= 4 is 17.1 Å². The minimum absolute atomic E-state index is 0.231. The summed E-state index contributed by atoms with van der Waals surface area (Å²) in [5, 5.41) is 41.5. The molecule has 0 aliphatic carbocycles. The molecule has 0 radical (unpaired) electrons. The smallest absolute Gasteiger partial charge is 0.309 e. The van der Waals surface area contributed by atoms with Gasteiger partial charge in [0.15, 0.2) is 11.8 Å². The van der Waals surface area contributed by atoms with Crippen LogP contribution in [0.25, 0.3) is 11.2 Å². The van der Waals surface area contributed by atoms with Crippen molar-refractivity contribution in [1.29, 1.82) is 0 Å². The number of imidazole rings is 1. The zero-order chi connectivity index (χ0) is 16.9. The number of rotatable bonds is 3. The van der Waals surface area contributed by atoms with Crippen LogP contribution < -0.4 is 14.6 Å². The van der Waals surface area contributed by atoms with E-state index in [1.54, 1.807) is 32.4 Å². The molecule has 1 unspecified atom stereocenters. The number of aromatic nitrogens is 4. The number of fused-ring (bicyclic) bond motifs is 1. The van der Waals surface area contributed by atoms with Crippen molar-refractivity contribution in [2.75, 3.05) is 25.6 Å². The van der Waals surface area contributed by atoms with E-state index < -0.39 is 37.0 Å². The zero-order valence-electron chi connectivity index (χ0n) is 13.0. The quantitative estimate of drug-likeness (QED) is 0.509. The fraction of sp³-hybridized carbons (Fsp3) is 0.615. The maximum absolute atomic E-state index is 12.2. The molecule has 0 bridgehead atoms. The van der Waals surface area contributed by atoms with Crippen molar-refractivity contribution in [2.24, 2.45) is 7.05 Å². The number of aliphatic hydroxyl groups is 3. The molecule has 0 spiro atoms. The molecule has 0 aromatic carbocycles. The van der Waals surface area contributed by atoms with Gasteiger partial charge in [0.05, 0.1) is 13.7 Å². The van der Waals surface area contributed by atoms with E-state index in [-0.39, 0.29) is 17.1 Å². The van der Waals surface area contributed by atoms with Crippen LogP contribution in [0.3, 0.4) is 0 Å². The number of aryl methyl sites for hydroxylation is 1. The van der Waals surface area contributed by atoms with Crippen LogP contribution in [0.1, 0.15) is 6.23 Å². The Morgan fingerprint density at radius 2 is 2.04 bits per heavy atom. The second kappa shape index (κ2) is 5.57. The van der Waals surface area contributed by atoms with E-state index in [1.165, 1.54) is 9.13 Å². The third-order valence-electron chi connectivity index (χ3n) is 3.91. The lowest BCUT2D eigenvalue weighted by molar-refractivity contribution is -0.745. The summed E-state index contributed by atoms with van der Waals surface area (Å²) in [5.41, 5.74) is 0.541. The molecule has 2 aromatic heterocycles. The van der Waals surface area contributed by atoms with Gasteiger partial charge in [-0.1, -0.05) is 4.98 Å². The zero-order valence-corrected chi connectivity index (χ0v) is 13.0. The van der Waals surface area contributed by atoms with Gasteiger partial charge in [0, 0.05) is 20.0 Å². The third-order valence-corrected chi connectivity index (χ3v) is 3.91. The topological polar surface area (TPSA) is 131 Å². The highest BCUT2D eigenvalue weighted by Crippen LogP contribution is 2.28. The number of hydrogen-bond acceptors (Lipinski definition) is 8. The Balaban J connectivity index is 2.15. The molecular formula is C13H19N5O5. The highest BCUT2D eigenvalue weighted by Gasteiger charge is 2.46. The first kappa shape index (κ1) is 15.9. The molecule has 1 aliphatic rings. The SMILES string of the molecule is CN(C)c1nc([O-])c2c(n1)[n+]([C@@H]1O[C@H](CO)[C@H](O)C1O)cn2C.